The van der Waals surface area contributed by atoms with Crippen molar-refractivity contribution in [1.29, 1.82) is 0 Å². The number of nitrogens with one attached hydrogen (secondary N) is 2. The Balaban J connectivity index is 1.38. The molecule has 11 heteroatoms. The van der Waals surface area contributed by atoms with Crippen LogP contribution in [0.1, 0.15) is 17.3 Å². The van der Waals surface area contributed by atoms with Crippen molar-refractivity contribution in [2.45, 2.75) is 17.1 Å². The number of non-ortho nitro benzene ring substituents is 1. The minimum Gasteiger partial charge on any atom is -0.497 e. The van der Waals surface area contributed by atoms with Crippen LogP contribution in [0.15, 0.2) is 71.6 Å². The first-order valence-corrected chi connectivity index (χ1v) is 12.1. The number of carbonyl (C=O) groups is 2. The van der Waals surface area contributed by atoms with E-state index in [-0.39, 0.29) is 17.5 Å². The highest BCUT2D eigenvalue weighted by Crippen LogP contribution is 2.31. The molecule has 2 N–H and O–H groups in total. The molecule has 4 rings (SSSR count). The van der Waals surface area contributed by atoms with Crippen molar-refractivity contribution in [3.8, 4) is 5.75 Å². The van der Waals surface area contributed by atoms with Gasteiger partial charge in [-0.2, -0.15) is 0 Å². The van der Waals surface area contributed by atoms with Gasteiger partial charge in [-0.15, -0.1) is 11.8 Å². The molecule has 1 unspecified atom stereocenters. The molecule has 1 atom stereocenters. The van der Waals surface area contributed by atoms with E-state index >= 15 is 0 Å². The number of methoxy groups -OCH3 is 1. The molecule has 2 amide bonds. The van der Waals surface area contributed by atoms with Crippen LogP contribution in [-0.4, -0.2) is 34.1 Å². The van der Waals surface area contributed by atoms with Gasteiger partial charge in [-0.3, -0.25) is 19.7 Å². The summed E-state index contributed by atoms with van der Waals surface area (Å²) < 4.78 is 6.14. The maximum atomic E-state index is 12.7. The number of nitrogens with zero attached hydrogens (tertiary/aromatic N) is 2. The number of aromatic nitrogens is 1. The number of hydrogen-bond donors (Lipinski definition) is 2. The molecule has 9 nitrogen and oxygen atoms in total. The molecule has 0 bridgehead atoms. The van der Waals surface area contributed by atoms with E-state index in [2.05, 4.69) is 15.6 Å². The van der Waals surface area contributed by atoms with Crippen LogP contribution in [0.2, 0.25) is 0 Å². The molecule has 0 spiro atoms. The molecular weight excluding hydrogens is 488 g/mol. The maximum Gasteiger partial charge on any atom is 0.269 e. The number of benzene rings is 3. The molecule has 0 saturated heterocycles. The van der Waals surface area contributed by atoms with Crippen molar-refractivity contribution < 1.29 is 19.2 Å². The zero-order valence-electron chi connectivity index (χ0n) is 18.7. The summed E-state index contributed by atoms with van der Waals surface area (Å²) in [5.41, 5.74) is 1.54. The minimum absolute atomic E-state index is 0.0854. The van der Waals surface area contributed by atoms with E-state index in [0.29, 0.717) is 16.4 Å². The summed E-state index contributed by atoms with van der Waals surface area (Å²) in [6.07, 6.45) is 0. The fourth-order valence-electron chi connectivity index (χ4n) is 3.13. The van der Waals surface area contributed by atoms with Gasteiger partial charge in [0, 0.05) is 28.3 Å². The third-order valence-corrected chi connectivity index (χ3v) is 6.97. The van der Waals surface area contributed by atoms with Gasteiger partial charge in [-0.25, -0.2) is 4.98 Å². The molecular formula is C24H20N4O5S2. The summed E-state index contributed by atoms with van der Waals surface area (Å²) in [6.45, 7) is 1.79. The van der Waals surface area contributed by atoms with Crippen LogP contribution in [0, 0.1) is 10.1 Å². The van der Waals surface area contributed by atoms with E-state index in [9.17, 15) is 19.7 Å². The molecule has 0 radical (unpaired) electrons. The molecule has 1 aromatic heterocycles. The predicted molar refractivity (Wildman–Crippen MR) is 138 cm³/mol. The Labute approximate surface area is 208 Å². The van der Waals surface area contributed by atoms with Crippen LogP contribution in [0.4, 0.5) is 16.5 Å². The second-order valence-corrected chi connectivity index (χ2v) is 9.83. The highest BCUT2D eigenvalue weighted by molar-refractivity contribution is 8.00. The fourth-order valence-corrected chi connectivity index (χ4v) is 4.96. The predicted octanol–water partition coefficient (Wildman–Crippen LogP) is 5.58. The molecule has 0 saturated carbocycles. The molecule has 4 aromatic rings. The lowest BCUT2D eigenvalue weighted by molar-refractivity contribution is -0.384. The van der Waals surface area contributed by atoms with Crippen LogP contribution >= 0.6 is 23.1 Å². The van der Waals surface area contributed by atoms with Crippen LogP contribution in [0.5, 0.6) is 5.75 Å². The van der Waals surface area contributed by atoms with Crippen molar-refractivity contribution in [1.82, 2.24) is 4.98 Å². The van der Waals surface area contributed by atoms with E-state index in [4.69, 9.17) is 4.74 Å². The number of nitro groups is 1. The van der Waals surface area contributed by atoms with Crippen molar-refractivity contribution in [2.75, 3.05) is 17.7 Å². The lowest BCUT2D eigenvalue weighted by Gasteiger charge is -2.12. The highest BCUT2D eigenvalue weighted by Gasteiger charge is 2.17. The second kappa shape index (κ2) is 10.5. The number of hydrogen-bond acceptors (Lipinski definition) is 8. The molecule has 3 aromatic carbocycles. The molecule has 0 fully saturated rings. The summed E-state index contributed by atoms with van der Waals surface area (Å²) in [6, 6.07) is 18.0. The number of nitro benzene ring substituents is 1. The normalized spacial score (nSPS) is 11.6. The molecule has 1 heterocycles. The zero-order valence-corrected chi connectivity index (χ0v) is 20.3. The Hall–Kier alpha value is -3.96. The van der Waals surface area contributed by atoms with Gasteiger partial charge in [0.1, 0.15) is 5.75 Å². The summed E-state index contributed by atoms with van der Waals surface area (Å²) >= 11 is 2.72. The van der Waals surface area contributed by atoms with E-state index in [1.165, 1.54) is 47.4 Å². The van der Waals surface area contributed by atoms with Crippen molar-refractivity contribution in [3.05, 3.63) is 82.4 Å². The number of carbonyl (C=O) groups excluding carboxylic acids is 2. The lowest BCUT2D eigenvalue weighted by atomic mass is 10.2. The number of rotatable bonds is 8. The quantitative estimate of drug-likeness (QED) is 0.181. The van der Waals surface area contributed by atoms with Crippen LogP contribution in [-0.2, 0) is 4.79 Å². The highest BCUT2D eigenvalue weighted by atomic mass is 32.2. The average Bonchev–Trinajstić information content (AvgIpc) is 3.25. The average molecular weight is 509 g/mol. The standard InChI is InChI=1S/C24H20N4O5S2/c1-14(22(29)27-24-26-20-11-10-18(33-2)13-21(20)35-24)34-19-5-3-4-16(12-19)25-23(30)15-6-8-17(9-7-15)28(31)32/h3-14H,1-2H3,(H,25,30)(H,26,27,29). The largest absolute Gasteiger partial charge is 0.497 e. The Morgan fingerprint density at radius 2 is 1.86 bits per heavy atom. The van der Waals surface area contributed by atoms with Gasteiger partial charge in [0.05, 0.1) is 27.5 Å². The number of anilines is 2. The van der Waals surface area contributed by atoms with E-state index in [1.54, 1.807) is 32.2 Å². The first-order valence-electron chi connectivity index (χ1n) is 10.4. The van der Waals surface area contributed by atoms with Gasteiger partial charge in [-0.1, -0.05) is 17.4 Å². The van der Waals surface area contributed by atoms with Crippen molar-refractivity contribution >= 4 is 61.6 Å². The number of thiazole rings is 1. The van der Waals surface area contributed by atoms with Crippen molar-refractivity contribution in [2.24, 2.45) is 0 Å². The van der Waals surface area contributed by atoms with E-state index in [1.807, 2.05) is 24.3 Å². The second-order valence-electron chi connectivity index (χ2n) is 7.39. The number of thioether (sulfide) groups is 1. The van der Waals surface area contributed by atoms with Gasteiger partial charge in [0.15, 0.2) is 5.13 Å². The monoisotopic (exact) mass is 508 g/mol. The fraction of sp³-hybridized carbons (Fsp3) is 0.125. The number of ether oxygens (including phenoxy) is 1. The van der Waals surface area contributed by atoms with Gasteiger partial charge in [0.2, 0.25) is 5.91 Å². The summed E-state index contributed by atoms with van der Waals surface area (Å²) in [7, 11) is 1.60. The summed E-state index contributed by atoms with van der Waals surface area (Å²) in [5, 5.41) is 16.5. The van der Waals surface area contributed by atoms with Crippen LogP contribution in [0.25, 0.3) is 10.2 Å². The first-order chi connectivity index (χ1) is 16.8. The minimum atomic E-state index is -0.520. The number of amides is 2. The first kappa shape index (κ1) is 24.2. The Bertz CT molecular complexity index is 1400. The van der Waals surface area contributed by atoms with Gasteiger partial charge >= 0.3 is 0 Å². The topological polar surface area (TPSA) is 123 Å². The van der Waals surface area contributed by atoms with Crippen LogP contribution in [0.3, 0.4) is 0 Å². The smallest absolute Gasteiger partial charge is 0.269 e. The van der Waals surface area contributed by atoms with E-state index < -0.39 is 10.2 Å². The zero-order chi connectivity index (χ0) is 24.9. The Morgan fingerprint density at radius 3 is 2.57 bits per heavy atom. The Kier molecular flexibility index (Phi) is 7.28. The van der Waals surface area contributed by atoms with Crippen LogP contribution < -0.4 is 15.4 Å². The van der Waals surface area contributed by atoms with Crippen molar-refractivity contribution in [3.63, 3.8) is 0 Å². The molecule has 0 aliphatic rings. The Morgan fingerprint density at radius 1 is 1.09 bits per heavy atom. The number of fused-ring (bicyclic) bond motifs is 1. The summed E-state index contributed by atoms with van der Waals surface area (Å²) in [4.78, 5) is 40.7. The SMILES string of the molecule is COc1ccc2nc(NC(=O)C(C)Sc3cccc(NC(=O)c4ccc([N+](=O)[O-])cc4)c3)sc2c1. The summed E-state index contributed by atoms with van der Waals surface area (Å²) in [5.74, 6) is 0.144. The molecule has 178 valence electrons. The van der Waals surface area contributed by atoms with E-state index in [0.717, 1.165) is 20.9 Å². The maximum absolute atomic E-state index is 12.7. The lowest BCUT2D eigenvalue weighted by Crippen LogP contribution is -2.22. The molecule has 0 aliphatic heterocycles. The molecule has 0 aliphatic carbocycles. The van der Waals surface area contributed by atoms with Gasteiger partial charge < -0.3 is 15.4 Å². The third-order valence-electron chi connectivity index (χ3n) is 4.94. The molecule has 35 heavy (non-hydrogen) atoms. The third kappa shape index (κ3) is 5.94. The van der Waals surface area contributed by atoms with Gasteiger partial charge in [0.25, 0.3) is 11.6 Å². The van der Waals surface area contributed by atoms with Gasteiger partial charge in [-0.05, 0) is 55.5 Å².